The zero-order chi connectivity index (χ0) is 18.2. The third-order valence-electron chi connectivity index (χ3n) is 4.02. The first-order valence-electron chi connectivity index (χ1n) is 9.75. The van der Waals surface area contributed by atoms with Gasteiger partial charge in [-0.25, -0.2) is 0 Å². The SMILES string of the molecule is CCCCCOCC(CN1C=CNC1)OCCCCCC(=O)OCC. The van der Waals surface area contributed by atoms with Gasteiger partial charge >= 0.3 is 5.97 Å². The summed E-state index contributed by atoms with van der Waals surface area (Å²) >= 11 is 0. The van der Waals surface area contributed by atoms with Gasteiger partial charge in [0.25, 0.3) is 0 Å². The summed E-state index contributed by atoms with van der Waals surface area (Å²) in [7, 11) is 0. The normalized spacial score (nSPS) is 14.6. The second-order valence-electron chi connectivity index (χ2n) is 6.34. The van der Waals surface area contributed by atoms with Gasteiger partial charge in [-0.3, -0.25) is 4.79 Å². The molecule has 1 unspecified atom stereocenters. The van der Waals surface area contributed by atoms with Crippen molar-refractivity contribution >= 4 is 5.97 Å². The molecule has 0 aromatic rings. The van der Waals surface area contributed by atoms with E-state index in [-0.39, 0.29) is 12.1 Å². The maximum Gasteiger partial charge on any atom is 0.305 e. The summed E-state index contributed by atoms with van der Waals surface area (Å²) in [5, 5.41) is 3.17. The van der Waals surface area contributed by atoms with E-state index < -0.39 is 0 Å². The number of carbonyl (C=O) groups excluding carboxylic acids is 1. The molecular formula is C19H36N2O4. The van der Waals surface area contributed by atoms with Gasteiger partial charge in [-0.1, -0.05) is 26.2 Å². The number of ether oxygens (including phenoxy) is 3. The Morgan fingerprint density at radius 3 is 2.72 bits per heavy atom. The minimum Gasteiger partial charge on any atom is -0.466 e. The van der Waals surface area contributed by atoms with E-state index in [1.54, 1.807) is 0 Å². The molecular weight excluding hydrogens is 320 g/mol. The van der Waals surface area contributed by atoms with Gasteiger partial charge < -0.3 is 24.4 Å². The Hall–Kier alpha value is -1.27. The molecule has 1 heterocycles. The predicted octanol–water partition coefficient (Wildman–Crippen LogP) is 3.04. The van der Waals surface area contributed by atoms with Crippen LogP contribution in [-0.4, -0.2) is 56.6 Å². The molecule has 0 saturated carbocycles. The van der Waals surface area contributed by atoms with Crippen molar-refractivity contribution in [2.24, 2.45) is 0 Å². The van der Waals surface area contributed by atoms with E-state index in [1.807, 2.05) is 19.3 Å². The second kappa shape index (κ2) is 15.0. The monoisotopic (exact) mass is 356 g/mol. The first kappa shape index (κ1) is 21.8. The first-order valence-corrected chi connectivity index (χ1v) is 9.75. The van der Waals surface area contributed by atoms with Gasteiger partial charge in [0.15, 0.2) is 0 Å². The van der Waals surface area contributed by atoms with Crippen LogP contribution in [0.1, 0.15) is 58.8 Å². The fourth-order valence-corrected chi connectivity index (χ4v) is 2.62. The summed E-state index contributed by atoms with van der Waals surface area (Å²) in [5.74, 6) is -0.102. The van der Waals surface area contributed by atoms with Crippen LogP contribution in [0.15, 0.2) is 12.4 Å². The molecule has 6 heteroatoms. The van der Waals surface area contributed by atoms with Crippen LogP contribution in [0.5, 0.6) is 0 Å². The third-order valence-corrected chi connectivity index (χ3v) is 4.02. The number of nitrogens with one attached hydrogen (secondary N) is 1. The summed E-state index contributed by atoms with van der Waals surface area (Å²) < 4.78 is 16.7. The zero-order valence-electron chi connectivity index (χ0n) is 16.0. The van der Waals surface area contributed by atoms with Crippen LogP contribution in [0, 0.1) is 0 Å². The summed E-state index contributed by atoms with van der Waals surface area (Å²) in [4.78, 5) is 13.5. The van der Waals surface area contributed by atoms with Gasteiger partial charge in [-0.05, 0) is 26.2 Å². The predicted molar refractivity (Wildman–Crippen MR) is 99.0 cm³/mol. The van der Waals surface area contributed by atoms with E-state index in [0.29, 0.717) is 26.2 Å². The van der Waals surface area contributed by atoms with Crippen LogP contribution in [0.25, 0.3) is 0 Å². The molecule has 1 aliphatic rings. The van der Waals surface area contributed by atoms with E-state index in [4.69, 9.17) is 14.2 Å². The Morgan fingerprint density at radius 2 is 2.00 bits per heavy atom. The number of unbranched alkanes of at least 4 members (excludes halogenated alkanes) is 4. The highest BCUT2D eigenvalue weighted by molar-refractivity contribution is 5.69. The van der Waals surface area contributed by atoms with Crippen molar-refractivity contribution in [2.75, 3.05) is 39.6 Å². The van der Waals surface area contributed by atoms with E-state index in [2.05, 4.69) is 17.1 Å². The van der Waals surface area contributed by atoms with E-state index in [9.17, 15) is 4.79 Å². The number of nitrogens with zero attached hydrogens (tertiary/aromatic N) is 1. The van der Waals surface area contributed by atoms with Crippen molar-refractivity contribution in [3.8, 4) is 0 Å². The van der Waals surface area contributed by atoms with Crippen molar-refractivity contribution < 1.29 is 19.0 Å². The number of carbonyl (C=O) groups is 1. The first-order chi connectivity index (χ1) is 12.3. The van der Waals surface area contributed by atoms with Crippen LogP contribution in [0.3, 0.4) is 0 Å². The smallest absolute Gasteiger partial charge is 0.305 e. The molecule has 6 nitrogen and oxygen atoms in total. The maximum absolute atomic E-state index is 11.3. The van der Waals surface area contributed by atoms with Crippen LogP contribution in [-0.2, 0) is 19.0 Å². The standard InChI is InChI=1S/C19H36N2O4/c1-3-5-8-13-23-16-18(15-21-12-11-20-17-21)25-14-9-6-7-10-19(22)24-4-2/h11-12,18,20H,3-10,13-17H2,1-2H3. The molecule has 1 N–H and O–H groups in total. The highest BCUT2D eigenvalue weighted by Gasteiger charge is 2.14. The van der Waals surface area contributed by atoms with Crippen molar-refractivity contribution in [3.63, 3.8) is 0 Å². The number of hydrogen-bond acceptors (Lipinski definition) is 6. The molecule has 0 aromatic carbocycles. The average molecular weight is 357 g/mol. The van der Waals surface area contributed by atoms with Crippen LogP contribution in [0.2, 0.25) is 0 Å². The van der Waals surface area contributed by atoms with Gasteiger partial charge in [0, 0.05) is 38.6 Å². The molecule has 0 radical (unpaired) electrons. The Balaban J connectivity index is 2.13. The van der Waals surface area contributed by atoms with Crippen LogP contribution in [0.4, 0.5) is 0 Å². The molecule has 146 valence electrons. The Bertz CT molecular complexity index is 363. The summed E-state index contributed by atoms with van der Waals surface area (Å²) in [6.45, 7) is 8.30. The molecule has 0 saturated heterocycles. The van der Waals surface area contributed by atoms with Gasteiger partial charge in [-0.15, -0.1) is 0 Å². The molecule has 0 aliphatic carbocycles. The number of hydrogen-bond donors (Lipinski definition) is 1. The van der Waals surface area contributed by atoms with E-state index in [0.717, 1.165) is 45.5 Å². The molecule has 0 aromatic heterocycles. The maximum atomic E-state index is 11.3. The fraction of sp³-hybridized carbons (Fsp3) is 0.842. The van der Waals surface area contributed by atoms with Gasteiger partial charge in [0.1, 0.15) is 0 Å². The van der Waals surface area contributed by atoms with E-state index >= 15 is 0 Å². The van der Waals surface area contributed by atoms with E-state index in [1.165, 1.54) is 12.8 Å². The molecule has 1 aliphatic heterocycles. The number of rotatable bonds is 16. The van der Waals surface area contributed by atoms with Crippen molar-refractivity contribution in [1.82, 2.24) is 10.2 Å². The van der Waals surface area contributed by atoms with Gasteiger partial charge in [0.2, 0.25) is 0 Å². The van der Waals surface area contributed by atoms with Crippen molar-refractivity contribution in [3.05, 3.63) is 12.4 Å². The molecule has 0 spiro atoms. The summed E-state index contributed by atoms with van der Waals surface area (Å²) in [6, 6.07) is 0. The molecule has 0 bridgehead atoms. The molecule has 1 rings (SSSR count). The molecule has 1 atom stereocenters. The minimum absolute atomic E-state index is 0.0798. The second-order valence-corrected chi connectivity index (χ2v) is 6.34. The fourth-order valence-electron chi connectivity index (χ4n) is 2.62. The molecule has 0 amide bonds. The lowest BCUT2D eigenvalue weighted by Crippen LogP contribution is -2.35. The Labute approximate surface area is 152 Å². The highest BCUT2D eigenvalue weighted by atomic mass is 16.5. The zero-order valence-corrected chi connectivity index (χ0v) is 16.0. The lowest BCUT2D eigenvalue weighted by atomic mass is 10.2. The van der Waals surface area contributed by atoms with Crippen molar-refractivity contribution in [2.45, 2.75) is 64.9 Å². The molecule has 0 fully saturated rings. The van der Waals surface area contributed by atoms with Gasteiger partial charge in [0.05, 0.1) is 26.0 Å². The van der Waals surface area contributed by atoms with Gasteiger partial charge in [-0.2, -0.15) is 0 Å². The minimum atomic E-state index is -0.102. The van der Waals surface area contributed by atoms with Crippen LogP contribution >= 0.6 is 0 Å². The quantitative estimate of drug-likeness (QED) is 0.339. The summed E-state index contributed by atoms with van der Waals surface area (Å²) in [6.07, 6.45) is 10.9. The lowest BCUT2D eigenvalue weighted by Gasteiger charge is -2.24. The van der Waals surface area contributed by atoms with Crippen molar-refractivity contribution in [1.29, 1.82) is 0 Å². The Kier molecular flexibility index (Phi) is 13.1. The third kappa shape index (κ3) is 11.8. The summed E-state index contributed by atoms with van der Waals surface area (Å²) in [5.41, 5.74) is 0. The largest absolute Gasteiger partial charge is 0.466 e. The lowest BCUT2D eigenvalue weighted by molar-refractivity contribution is -0.143. The topological polar surface area (TPSA) is 60.0 Å². The average Bonchev–Trinajstić information content (AvgIpc) is 3.10. The highest BCUT2D eigenvalue weighted by Crippen LogP contribution is 2.07. The van der Waals surface area contributed by atoms with Crippen LogP contribution < -0.4 is 5.32 Å². The molecule has 25 heavy (non-hydrogen) atoms. The number of esters is 1. The Morgan fingerprint density at radius 1 is 1.16 bits per heavy atom.